The molecular formula is C22H23FN2O6. The molecule has 1 aliphatic rings. The molecule has 0 bridgehead atoms. The molecule has 2 N–H and O–H groups in total. The third kappa shape index (κ3) is 5.94. The second-order valence-electron chi connectivity index (χ2n) is 7.15. The van der Waals surface area contributed by atoms with Crippen molar-refractivity contribution in [1.82, 2.24) is 5.32 Å². The van der Waals surface area contributed by atoms with Gasteiger partial charge in [0, 0.05) is 5.69 Å². The Morgan fingerprint density at radius 1 is 1.03 bits per heavy atom. The zero-order valence-corrected chi connectivity index (χ0v) is 17.0. The highest BCUT2D eigenvalue weighted by molar-refractivity contribution is 5.88. The molecule has 164 valence electrons. The predicted octanol–water partition coefficient (Wildman–Crippen LogP) is 3.62. The summed E-state index contributed by atoms with van der Waals surface area (Å²) in [7, 11) is 0. The van der Waals surface area contributed by atoms with E-state index in [1.807, 2.05) is 30.3 Å². The van der Waals surface area contributed by atoms with E-state index in [1.54, 1.807) is 13.8 Å². The minimum absolute atomic E-state index is 0.0513. The van der Waals surface area contributed by atoms with Gasteiger partial charge in [-0.25, -0.2) is 14.0 Å². The van der Waals surface area contributed by atoms with Gasteiger partial charge in [-0.2, -0.15) is 0 Å². The van der Waals surface area contributed by atoms with Gasteiger partial charge in [0.1, 0.15) is 24.6 Å². The number of nitrogens with one attached hydrogen (secondary N) is 2. The van der Waals surface area contributed by atoms with Crippen LogP contribution in [-0.2, 0) is 25.6 Å². The van der Waals surface area contributed by atoms with E-state index in [1.165, 1.54) is 24.3 Å². The maximum absolute atomic E-state index is 12.9. The number of rotatable bonds is 7. The second kappa shape index (κ2) is 9.92. The summed E-state index contributed by atoms with van der Waals surface area (Å²) in [6.45, 7) is 3.24. The molecule has 0 radical (unpaired) electrons. The van der Waals surface area contributed by atoms with Crippen LogP contribution in [0.3, 0.4) is 0 Å². The van der Waals surface area contributed by atoms with E-state index < -0.39 is 42.2 Å². The van der Waals surface area contributed by atoms with Crippen LogP contribution in [0.2, 0.25) is 0 Å². The lowest BCUT2D eigenvalue weighted by molar-refractivity contribution is -0.146. The molecule has 1 fully saturated rings. The molecule has 4 atom stereocenters. The quantitative estimate of drug-likeness (QED) is 0.514. The molecule has 1 heterocycles. The third-order valence-corrected chi connectivity index (χ3v) is 4.88. The largest absolute Gasteiger partial charge is 0.508 e. The molecular weight excluding hydrogens is 407 g/mol. The van der Waals surface area contributed by atoms with Crippen molar-refractivity contribution in [3.63, 3.8) is 0 Å². The van der Waals surface area contributed by atoms with E-state index in [9.17, 15) is 18.8 Å². The van der Waals surface area contributed by atoms with Crippen LogP contribution in [0.15, 0.2) is 54.6 Å². The topological polar surface area (TPSA) is 103 Å². The van der Waals surface area contributed by atoms with Crippen LogP contribution in [-0.4, -0.2) is 36.4 Å². The van der Waals surface area contributed by atoms with Crippen molar-refractivity contribution in [2.45, 2.75) is 38.7 Å². The average Bonchev–Trinajstić information content (AvgIpc) is 2.72. The summed E-state index contributed by atoms with van der Waals surface area (Å²) in [5, 5.41) is 5.13. The molecule has 0 aliphatic carbocycles. The molecule has 1 aliphatic heterocycles. The van der Waals surface area contributed by atoms with Crippen LogP contribution in [0.5, 0.6) is 0 Å². The van der Waals surface area contributed by atoms with Gasteiger partial charge >= 0.3 is 12.2 Å². The van der Waals surface area contributed by atoms with Crippen molar-refractivity contribution in [3.8, 4) is 0 Å². The lowest BCUT2D eigenvalue weighted by Gasteiger charge is -2.42. The normalized spacial score (nSPS) is 19.3. The van der Waals surface area contributed by atoms with E-state index in [2.05, 4.69) is 10.6 Å². The molecule has 2 amide bonds. The fourth-order valence-corrected chi connectivity index (χ4v) is 3.23. The maximum atomic E-state index is 12.9. The van der Waals surface area contributed by atoms with E-state index in [0.29, 0.717) is 5.69 Å². The van der Waals surface area contributed by atoms with Crippen LogP contribution < -0.4 is 10.6 Å². The van der Waals surface area contributed by atoms with Gasteiger partial charge < -0.3 is 19.5 Å². The van der Waals surface area contributed by atoms with Gasteiger partial charge in [-0.05, 0) is 43.7 Å². The molecule has 8 nitrogen and oxygen atoms in total. The van der Waals surface area contributed by atoms with E-state index in [0.717, 1.165) is 5.56 Å². The Kier molecular flexibility index (Phi) is 7.07. The Bertz CT molecular complexity index is 921. The lowest BCUT2D eigenvalue weighted by atomic mass is 9.83. The highest BCUT2D eigenvalue weighted by Crippen LogP contribution is 2.26. The molecule has 0 saturated carbocycles. The summed E-state index contributed by atoms with van der Waals surface area (Å²) in [5.41, 5.74) is 1.17. The number of benzene rings is 2. The molecule has 0 aromatic heterocycles. The van der Waals surface area contributed by atoms with Crippen LogP contribution in [0.1, 0.15) is 19.4 Å². The Morgan fingerprint density at radius 3 is 2.35 bits per heavy atom. The number of carbonyl (C=O) groups is 3. The summed E-state index contributed by atoms with van der Waals surface area (Å²) in [5.74, 6) is -1.44. The zero-order chi connectivity index (χ0) is 22.4. The van der Waals surface area contributed by atoms with Crippen molar-refractivity contribution in [3.05, 3.63) is 66.0 Å². The van der Waals surface area contributed by atoms with Crippen LogP contribution >= 0.6 is 0 Å². The van der Waals surface area contributed by atoms with Crippen molar-refractivity contribution in [1.29, 1.82) is 0 Å². The van der Waals surface area contributed by atoms with Crippen LogP contribution in [0.4, 0.5) is 19.7 Å². The van der Waals surface area contributed by atoms with Gasteiger partial charge in [0.05, 0.1) is 12.0 Å². The number of β-lactam (4-membered cyclic amide) rings is 1. The fourth-order valence-electron chi connectivity index (χ4n) is 3.23. The van der Waals surface area contributed by atoms with Crippen molar-refractivity contribution in [2.24, 2.45) is 5.92 Å². The highest BCUT2D eigenvalue weighted by Gasteiger charge is 2.48. The van der Waals surface area contributed by atoms with Gasteiger partial charge in [0.2, 0.25) is 5.91 Å². The lowest BCUT2D eigenvalue weighted by Crippen LogP contribution is -2.67. The first-order valence-electron chi connectivity index (χ1n) is 9.74. The smallest absolute Gasteiger partial charge is 0.444 e. The highest BCUT2D eigenvalue weighted by atomic mass is 19.1. The van der Waals surface area contributed by atoms with Gasteiger partial charge in [-0.1, -0.05) is 30.3 Å². The zero-order valence-electron chi connectivity index (χ0n) is 17.0. The molecule has 9 heteroatoms. The number of halogens is 1. The summed E-state index contributed by atoms with van der Waals surface area (Å²) in [4.78, 5) is 36.0. The summed E-state index contributed by atoms with van der Waals surface area (Å²) in [6, 6.07) is 13.8. The number of ether oxygens (including phenoxy) is 3. The third-order valence-electron chi connectivity index (χ3n) is 4.88. The second-order valence-corrected chi connectivity index (χ2v) is 7.15. The Hall–Kier alpha value is -3.62. The number of hydrogen-bond donors (Lipinski definition) is 2. The number of amides is 2. The molecule has 2 aromatic rings. The summed E-state index contributed by atoms with van der Waals surface area (Å²) >= 11 is 0. The molecule has 3 rings (SSSR count). The van der Waals surface area contributed by atoms with Crippen LogP contribution in [0.25, 0.3) is 0 Å². The molecule has 31 heavy (non-hydrogen) atoms. The standard InChI is InChI=1S/C22H23FN2O6/c1-13(31-22(28)29-12-15-6-4-3-5-7-15)18-19(25-20(18)26)14(2)30-21(27)24-17-10-8-16(23)9-11-17/h3-11,13-14,18-19H,12H2,1-2H3,(H,24,27)(H,25,26)/t13-,14+,18-,19-/m1/s1. The number of hydrogen-bond acceptors (Lipinski definition) is 6. The van der Waals surface area contributed by atoms with Crippen molar-refractivity contribution in [2.75, 3.05) is 5.32 Å². The minimum Gasteiger partial charge on any atom is -0.444 e. The first kappa shape index (κ1) is 22.1. The van der Waals surface area contributed by atoms with Gasteiger partial charge in [0.25, 0.3) is 0 Å². The number of anilines is 1. The predicted molar refractivity (Wildman–Crippen MR) is 109 cm³/mol. The fraction of sp³-hybridized carbons (Fsp3) is 0.318. The SMILES string of the molecule is C[C@H](OC(=O)Nc1ccc(F)cc1)[C@H]1NC(=O)[C@@H]1[C@@H](C)OC(=O)OCc1ccccc1. The molecule has 0 spiro atoms. The van der Waals surface area contributed by atoms with E-state index in [-0.39, 0.29) is 12.5 Å². The first-order valence-corrected chi connectivity index (χ1v) is 9.74. The van der Waals surface area contributed by atoms with Gasteiger partial charge in [-0.3, -0.25) is 10.1 Å². The Labute approximate surface area is 178 Å². The number of carbonyl (C=O) groups excluding carboxylic acids is 3. The molecule has 2 aromatic carbocycles. The van der Waals surface area contributed by atoms with Crippen molar-refractivity contribution < 1.29 is 33.0 Å². The van der Waals surface area contributed by atoms with Crippen LogP contribution in [0, 0.1) is 11.7 Å². The van der Waals surface area contributed by atoms with E-state index in [4.69, 9.17) is 14.2 Å². The molecule has 1 saturated heterocycles. The Morgan fingerprint density at radius 2 is 1.71 bits per heavy atom. The first-order chi connectivity index (χ1) is 14.8. The molecule has 0 unspecified atom stereocenters. The summed E-state index contributed by atoms with van der Waals surface area (Å²) < 4.78 is 28.5. The monoisotopic (exact) mass is 430 g/mol. The van der Waals surface area contributed by atoms with Gasteiger partial charge in [-0.15, -0.1) is 0 Å². The Balaban J connectivity index is 1.47. The van der Waals surface area contributed by atoms with Crippen molar-refractivity contribution >= 4 is 23.8 Å². The summed E-state index contributed by atoms with van der Waals surface area (Å²) in [6.07, 6.45) is -3.13. The maximum Gasteiger partial charge on any atom is 0.508 e. The average molecular weight is 430 g/mol. The minimum atomic E-state index is -0.891. The van der Waals surface area contributed by atoms with Gasteiger partial charge in [0.15, 0.2) is 0 Å². The van der Waals surface area contributed by atoms with E-state index >= 15 is 0 Å².